The van der Waals surface area contributed by atoms with Crippen molar-refractivity contribution in [2.24, 2.45) is 0 Å². The maximum atomic E-state index is 4.69. The Bertz CT molecular complexity index is 717. The summed E-state index contributed by atoms with van der Waals surface area (Å²) in [4.78, 5) is 4.69. The van der Waals surface area contributed by atoms with Crippen LogP contribution >= 0.6 is 12.4 Å². The Hall–Kier alpha value is -2.12. The van der Waals surface area contributed by atoms with E-state index in [2.05, 4.69) is 55.1 Å². The number of pyridine rings is 1. The number of fused-ring (bicyclic) bond motifs is 1. The Labute approximate surface area is 125 Å². The smallest absolute Gasteiger partial charge is 0.0705 e. The molecule has 3 rings (SSSR count). The molecule has 0 aliphatic carbocycles. The molecule has 3 aromatic rings. The quantitative estimate of drug-likeness (QED) is 0.666. The fraction of sp³-hybridized carbons (Fsp3) is 0.0556. The standard InChI is InChI=1S/C18H15N.ClH/c1-2-14-7-9-15(10-8-14)13-17-12-11-16-5-3-4-6-18(16)19-17;/h2-12H,1,13H2;1H. The van der Waals surface area contributed by atoms with Crippen LogP contribution in [0.5, 0.6) is 0 Å². The molecule has 1 aromatic heterocycles. The second-order valence-electron chi connectivity index (χ2n) is 4.62. The van der Waals surface area contributed by atoms with Crippen molar-refractivity contribution in [3.63, 3.8) is 0 Å². The zero-order valence-electron chi connectivity index (χ0n) is 11.1. The molecule has 0 unspecified atom stereocenters. The molecule has 0 fully saturated rings. The van der Waals surface area contributed by atoms with Crippen LogP contribution in [-0.2, 0) is 6.42 Å². The van der Waals surface area contributed by atoms with Crippen LogP contribution in [0.3, 0.4) is 0 Å². The number of hydrogen-bond donors (Lipinski definition) is 0. The number of benzene rings is 2. The van der Waals surface area contributed by atoms with E-state index >= 15 is 0 Å². The molecule has 0 aliphatic heterocycles. The van der Waals surface area contributed by atoms with Gasteiger partial charge in [0.1, 0.15) is 0 Å². The van der Waals surface area contributed by atoms with Crippen LogP contribution in [0.4, 0.5) is 0 Å². The third-order valence-electron chi connectivity index (χ3n) is 3.26. The zero-order chi connectivity index (χ0) is 13.1. The van der Waals surface area contributed by atoms with Crippen LogP contribution in [0.15, 0.2) is 67.2 Å². The van der Waals surface area contributed by atoms with Crippen LogP contribution < -0.4 is 0 Å². The first kappa shape index (κ1) is 14.3. The van der Waals surface area contributed by atoms with Gasteiger partial charge in [0.05, 0.1) is 5.52 Å². The monoisotopic (exact) mass is 281 g/mol. The molecule has 2 heteroatoms. The van der Waals surface area contributed by atoms with E-state index in [1.807, 2.05) is 18.2 Å². The van der Waals surface area contributed by atoms with Gasteiger partial charge in [-0.25, -0.2) is 0 Å². The molecule has 0 radical (unpaired) electrons. The first-order chi connectivity index (χ1) is 9.35. The molecule has 0 amide bonds. The molecular formula is C18H16ClN. The lowest BCUT2D eigenvalue weighted by atomic mass is 10.1. The van der Waals surface area contributed by atoms with Crippen molar-refractivity contribution in [3.8, 4) is 0 Å². The van der Waals surface area contributed by atoms with Gasteiger partial charge in [0.2, 0.25) is 0 Å². The van der Waals surface area contributed by atoms with E-state index in [-0.39, 0.29) is 12.4 Å². The van der Waals surface area contributed by atoms with E-state index in [4.69, 9.17) is 4.98 Å². The normalized spacial score (nSPS) is 10.0. The molecule has 0 saturated carbocycles. The average Bonchev–Trinajstić information content (AvgIpc) is 2.48. The first-order valence-corrected chi connectivity index (χ1v) is 6.41. The molecule has 20 heavy (non-hydrogen) atoms. The molecule has 0 spiro atoms. The summed E-state index contributed by atoms with van der Waals surface area (Å²) < 4.78 is 0. The van der Waals surface area contributed by atoms with Crippen LogP contribution in [0.1, 0.15) is 16.8 Å². The van der Waals surface area contributed by atoms with Crippen molar-refractivity contribution in [2.45, 2.75) is 6.42 Å². The van der Waals surface area contributed by atoms with E-state index in [9.17, 15) is 0 Å². The second kappa shape index (κ2) is 6.36. The van der Waals surface area contributed by atoms with Gasteiger partial charge >= 0.3 is 0 Å². The van der Waals surface area contributed by atoms with Crippen molar-refractivity contribution in [2.75, 3.05) is 0 Å². The predicted molar refractivity (Wildman–Crippen MR) is 88.3 cm³/mol. The fourth-order valence-electron chi connectivity index (χ4n) is 2.19. The topological polar surface area (TPSA) is 12.9 Å². The van der Waals surface area contributed by atoms with Crippen molar-refractivity contribution >= 4 is 29.4 Å². The molecule has 1 heterocycles. The minimum Gasteiger partial charge on any atom is -0.252 e. The summed E-state index contributed by atoms with van der Waals surface area (Å²) in [5.74, 6) is 0. The highest BCUT2D eigenvalue weighted by atomic mass is 35.5. The summed E-state index contributed by atoms with van der Waals surface area (Å²) in [6, 6.07) is 20.9. The van der Waals surface area contributed by atoms with Crippen molar-refractivity contribution < 1.29 is 0 Å². The Kier molecular flexibility index (Phi) is 4.54. The van der Waals surface area contributed by atoms with E-state index < -0.39 is 0 Å². The molecule has 1 nitrogen and oxygen atoms in total. The molecule has 100 valence electrons. The average molecular weight is 282 g/mol. The van der Waals surface area contributed by atoms with Gasteiger partial charge in [-0.05, 0) is 23.3 Å². The van der Waals surface area contributed by atoms with Gasteiger partial charge in [0.25, 0.3) is 0 Å². The summed E-state index contributed by atoms with van der Waals surface area (Å²) in [6.07, 6.45) is 2.72. The maximum Gasteiger partial charge on any atom is 0.0705 e. The van der Waals surface area contributed by atoms with Gasteiger partial charge in [0, 0.05) is 17.5 Å². The molecule has 0 N–H and O–H groups in total. The van der Waals surface area contributed by atoms with E-state index in [0.29, 0.717) is 0 Å². The molecule has 2 aromatic carbocycles. The minimum atomic E-state index is 0. The highest BCUT2D eigenvalue weighted by Crippen LogP contribution is 2.15. The number of hydrogen-bond acceptors (Lipinski definition) is 1. The first-order valence-electron chi connectivity index (χ1n) is 6.41. The van der Waals surface area contributed by atoms with Crippen molar-refractivity contribution in [1.82, 2.24) is 4.98 Å². The lowest BCUT2D eigenvalue weighted by Gasteiger charge is -2.04. The van der Waals surface area contributed by atoms with Gasteiger partial charge in [-0.3, -0.25) is 4.98 Å². The second-order valence-corrected chi connectivity index (χ2v) is 4.62. The molecular weight excluding hydrogens is 266 g/mol. The zero-order valence-corrected chi connectivity index (χ0v) is 11.9. The summed E-state index contributed by atoms with van der Waals surface area (Å²) in [5.41, 5.74) is 4.58. The highest BCUT2D eigenvalue weighted by molar-refractivity contribution is 5.85. The van der Waals surface area contributed by atoms with Gasteiger partial charge in [-0.2, -0.15) is 0 Å². The Morgan fingerprint density at radius 3 is 2.40 bits per heavy atom. The highest BCUT2D eigenvalue weighted by Gasteiger charge is 2.00. The Morgan fingerprint density at radius 1 is 0.900 bits per heavy atom. The lowest BCUT2D eigenvalue weighted by molar-refractivity contribution is 1.10. The maximum absolute atomic E-state index is 4.69. The van der Waals surface area contributed by atoms with Crippen molar-refractivity contribution in [1.29, 1.82) is 0 Å². The van der Waals surface area contributed by atoms with Gasteiger partial charge in [-0.1, -0.05) is 61.2 Å². The van der Waals surface area contributed by atoms with Gasteiger partial charge < -0.3 is 0 Å². The number of nitrogens with zero attached hydrogens (tertiary/aromatic N) is 1. The third kappa shape index (κ3) is 3.06. The summed E-state index contributed by atoms with van der Waals surface area (Å²) in [6.45, 7) is 3.77. The van der Waals surface area contributed by atoms with Crippen molar-refractivity contribution in [3.05, 3.63) is 84.1 Å². The Morgan fingerprint density at radius 2 is 1.65 bits per heavy atom. The van der Waals surface area contributed by atoms with E-state index in [1.165, 1.54) is 10.9 Å². The SMILES string of the molecule is C=Cc1ccc(Cc2ccc3ccccc3n2)cc1.Cl. The number of para-hydroxylation sites is 1. The predicted octanol–water partition coefficient (Wildman–Crippen LogP) is 4.89. The number of halogens is 1. The van der Waals surface area contributed by atoms with E-state index in [1.54, 1.807) is 0 Å². The largest absolute Gasteiger partial charge is 0.252 e. The molecule has 0 saturated heterocycles. The number of rotatable bonds is 3. The lowest BCUT2D eigenvalue weighted by Crippen LogP contribution is -1.92. The number of aromatic nitrogens is 1. The van der Waals surface area contributed by atoms with E-state index in [0.717, 1.165) is 23.2 Å². The molecule has 0 aliphatic rings. The fourth-order valence-corrected chi connectivity index (χ4v) is 2.19. The minimum absolute atomic E-state index is 0. The van der Waals surface area contributed by atoms with Gasteiger partial charge in [0.15, 0.2) is 0 Å². The molecule has 0 atom stereocenters. The molecule has 0 bridgehead atoms. The van der Waals surface area contributed by atoms with Crippen LogP contribution in [0.25, 0.3) is 17.0 Å². The summed E-state index contributed by atoms with van der Waals surface area (Å²) >= 11 is 0. The summed E-state index contributed by atoms with van der Waals surface area (Å²) in [7, 11) is 0. The van der Waals surface area contributed by atoms with Crippen LogP contribution in [0.2, 0.25) is 0 Å². The third-order valence-corrected chi connectivity index (χ3v) is 3.26. The Balaban J connectivity index is 0.00000147. The van der Waals surface area contributed by atoms with Crippen LogP contribution in [-0.4, -0.2) is 4.98 Å². The van der Waals surface area contributed by atoms with Gasteiger partial charge in [-0.15, -0.1) is 12.4 Å². The van der Waals surface area contributed by atoms with Crippen LogP contribution in [0, 0.1) is 0 Å². The summed E-state index contributed by atoms with van der Waals surface area (Å²) in [5, 5.41) is 1.19.